The maximum atomic E-state index is 14.1. The molecule has 0 aromatic heterocycles. The van der Waals surface area contributed by atoms with Gasteiger partial charge in [0.2, 0.25) is 0 Å². The van der Waals surface area contributed by atoms with E-state index in [4.69, 9.17) is 13.6 Å². The maximum Gasteiger partial charge on any atom is 0.654 e. The van der Waals surface area contributed by atoms with Gasteiger partial charge in [0.1, 0.15) is 0 Å². The van der Waals surface area contributed by atoms with Crippen molar-refractivity contribution in [1.29, 1.82) is 0 Å². The van der Waals surface area contributed by atoms with Crippen LogP contribution in [0.15, 0.2) is 0 Å². The summed E-state index contributed by atoms with van der Waals surface area (Å²) in [5.74, 6) is -5.17. The molecule has 6 unspecified atom stereocenters. The molecule has 0 saturated carbocycles. The summed E-state index contributed by atoms with van der Waals surface area (Å²) in [7, 11) is -5.82. The standard InChI is InChI=1S/C33H63O13P/c1-7-13-16-19-22-31(40,25(34)10-4)28(37)44-47(43,45-29(38)32(41,26(35)11-5)23-20-17-14-8-2)46-30(39)33(42,27(36)12-6)24-21-18-15-9-3/h25-27,34-36,40-42H,7-24H2,1-6H3. The molecule has 0 aliphatic carbocycles. The second-order valence-electron chi connectivity index (χ2n) is 12.6. The lowest BCUT2D eigenvalue weighted by Crippen LogP contribution is -2.52. The molecule has 278 valence electrons. The molecule has 6 N–H and O–H groups in total. The highest BCUT2D eigenvalue weighted by Crippen LogP contribution is 2.53. The lowest BCUT2D eigenvalue weighted by atomic mass is 9.89. The molecule has 0 aliphatic rings. The number of aliphatic hydroxyl groups is 6. The SMILES string of the molecule is CCCCCCC(O)(C(=O)OP(=O)(OC(=O)C(O)(CCCCCC)C(O)CC)OC(=O)C(O)(CCCCCC)C(O)CC)C(O)CC. The first-order chi connectivity index (χ1) is 22.0. The van der Waals surface area contributed by atoms with Gasteiger partial charge in [0.05, 0.1) is 18.3 Å². The third-order valence-electron chi connectivity index (χ3n) is 8.69. The topological polar surface area (TPSA) is 217 Å². The summed E-state index contributed by atoms with van der Waals surface area (Å²) in [6, 6.07) is 0. The average Bonchev–Trinajstić information content (AvgIpc) is 3.04. The minimum Gasteiger partial charge on any atom is -0.389 e. The highest BCUT2D eigenvalue weighted by Gasteiger charge is 2.56. The van der Waals surface area contributed by atoms with E-state index >= 15 is 0 Å². The lowest BCUT2D eigenvalue weighted by Gasteiger charge is -2.34. The van der Waals surface area contributed by atoms with Crippen LogP contribution >= 0.6 is 7.82 Å². The van der Waals surface area contributed by atoms with E-state index < -0.39 is 60.8 Å². The highest BCUT2D eigenvalue weighted by atomic mass is 31.2. The smallest absolute Gasteiger partial charge is 0.389 e. The van der Waals surface area contributed by atoms with E-state index in [1.807, 2.05) is 20.8 Å². The molecule has 0 fully saturated rings. The number of carbonyl (C=O) groups is 3. The molecule has 0 aliphatic heterocycles. The highest BCUT2D eigenvalue weighted by molar-refractivity contribution is 7.50. The van der Waals surface area contributed by atoms with Crippen molar-refractivity contribution >= 4 is 25.7 Å². The molecule has 0 aromatic rings. The van der Waals surface area contributed by atoms with E-state index in [9.17, 15) is 49.6 Å². The summed E-state index contributed by atoms with van der Waals surface area (Å²) in [4.78, 5) is 40.4. The van der Waals surface area contributed by atoms with Crippen LogP contribution in [0.2, 0.25) is 0 Å². The van der Waals surface area contributed by atoms with Gasteiger partial charge in [-0.25, -0.2) is 14.4 Å². The van der Waals surface area contributed by atoms with Gasteiger partial charge in [0.15, 0.2) is 16.8 Å². The fraction of sp³-hybridized carbons (Fsp3) is 0.909. The number of hydrogen-bond acceptors (Lipinski definition) is 13. The van der Waals surface area contributed by atoms with Crippen molar-refractivity contribution in [2.45, 2.75) is 192 Å². The van der Waals surface area contributed by atoms with Crippen LogP contribution in [0.3, 0.4) is 0 Å². The van der Waals surface area contributed by atoms with Gasteiger partial charge in [-0.1, -0.05) is 99.3 Å². The summed E-state index contributed by atoms with van der Waals surface area (Å²) in [6.07, 6.45) is 0.665. The van der Waals surface area contributed by atoms with E-state index in [2.05, 4.69) is 0 Å². The van der Waals surface area contributed by atoms with Crippen molar-refractivity contribution in [3.63, 3.8) is 0 Å². The van der Waals surface area contributed by atoms with Crippen molar-refractivity contribution in [1.82, 2.24) is 0 Å². The van der Waals surface area contributed by atoms with E-state index in [-0.39, 0.29) is 57.8 Å². The van der Waals surface area contributed by atoms with Crippen LogP contribution in [-0.4, -0.2) is 83.7 Å². The molecule has 0 saturated heterocycles. The largest absolute Gasteiger partial charge is 0.654 e. The van der Waals surface area contributed by atoms with E-state index in [0.29, 0.717) is 19.3 Å². The Morgan fingerprint density at radius 3 is 0.915 bits per heavy atom. The first kappa shape index (κ1) is 45.4. The number of aliphatic hydroxyl groups excluding tert-OH is 3. The minimum absolute atomic E-state index is 0.135. The van der Waals surface area contributed by atoms with Crippen molar-refractivity contribution < 1.29 is 63.2 Å². The van der Waals surface area contributed by atoms with Gasteiger partial charge in [-0.2, -0.15) is 4.57 Å². The zero-order chi connectivity index (χ0) is 36.3. The molecule has 0 amide bonds. The van der Waals surface area contributed by atoms with Crippen LogP contribution in [0.5, 0.6) is 0 Å². The van der Waals surface area contributed by atoms with Gasteiger partial charge in [0.25, 0.3) is 0 Å². The Bertz CT molecular complexity index is 859. The molecule has 0 radical (unpaired) electrons. The van der Waals surface area contributed by atoms with Crippen molar-refractivity contribution in [3.05, 3.63) is 0 Å². The third-order valence-corrected chi connectivity index (χ3v) is 9.86. The minimum atomic E-state index is -5.82. The zero-order valence-electron chi connectivity index (χ0n) is 29.4. The van der Waals surface area contributed by atoms with E-state index in [0.717, 1.165) is 38.5 Å². The summed E-state index contributed by atoms with van der Waals surface area (Å²) in [6.45, 7) is 10.3. The summed E-state index contributed by atoms with van der Waals surface area (Å²) in [5, 5.41) is 65.7. The van der Waals surface area contributed by atoms with Crippen LogP contribution in [0.4, 0.5) is 0 Å². The number of unbranched alkanes of at least 4 members (excludes halogenated alkanes) is 9. The molecule has 0 rings (SSSR count). The summed E-state index contributed by atoms with van der Waals surface area (Å²) >= 11 is 0. The van der Waals surface area contributed by atoms with Gasteiger partial charge >= 0.3 is 25.7 Å². The molecule has 14 heteroatoms. The van der Waals surface area contributed by atoms with Crippen LogP contribution < -0.4 is 0 Å². The molecule has 47 heavy (non-hydrogen) atoms. The van der Waals surface area contributed by atoms with Gasteiger partial charge in [-0.3, -0.25) is 0 Å². The van der Waals surface area contributed by atoms with Crippen molar-refractivity contribution in [3.8, 4) is 0 Å². The Labute approximate surface area is 281 Å². The molecule has 13 nitrogen and oxygen atoms in total. The lowest BCUT2D eigenvalue weighted by molar-refractivity contribution is -0.182. The Morgan fingerprint density at radius 1 is 0.489 bits per heavy atom. The van der Waals surface area contributed by atoms with Crippen LogP contribution in [0.25, 0.3) is 0 Å². The Morgan fingerprint density at radius 2 is 0.723 bits per heavy atom. The molecule has 0 aromatic carbocycles. The zero-order valence-corrected chi connectivity index (χ0v) is 30.3. The van der Waals surface area contributed by atoms with Crippen LogP contribution in [0, 0.1) is 0 Å². The maximum absolute atomic E-state index is 14.1. The molecular weight excluding hydrogens is 635 g/mol. The van der Waals surface area contributed by atoms with Gasteiger partial charge < -0.3 is 44.2 Å². The predicted molar refractivity (Wildman–Crippen MR) is 176 cm³/mol. The van der Waals surface area contributed by atoms with E-state index in [1.54, 1.807) is 0 Å². The van der Waals surface area contributed by atoms with Gasteiger partial charge in [-0.05, 0) is 57.8 Å². The molecule has 0 bridgehead atoms. The number of phosphoric ester groups is 1. The average molecular weight is 699 g/mol. The Hall–Kier alpha value is -1.60. The Balaban J connectivity index is 6.78. The first-order valence-electron chi connectivity index (χ1n) is 17.5. The predicted octanol–water partition coefficient (Wildman–Crippen LogP) is 5.14. The van der Waals surface area contributed by atoms with Crippen molar-refractivity contribution in [2.24, 2.45) is 0 Å². The van der Waals surface area contributed by atoms with Crippen LogP contribution in [-0.2, 0) is 32.5 Å². The Kier molecular flexibility index (Phi) is 21.4. The number of phosphoric acid groups is 1. The second-order valence-corrected chi connectivity index (χ2v) is 14.0. The third kappa shape index (κ3) is 13.7. The quantitative estimate of drug-likeness (QED) is 0.0484. The number of hydrogen-bond donors (Lipinski definition) is 6. The molecular formula is C33H63O13P. The molecule has 6 atom stereocenters. The fourth-order valence-electron chi connectivity index (χ4n) is 5.29. The van der Waals surface area contributed by atoms with Gasteiger partial charge in [0, 0.05) is 0 Å². The normalized spacial score (nSPS) is 18.8. The molecule has 0 heterocycles. The number of carbonyl (C=O) groups excluding carboxylic acids is 3. The first-order valence-corrected chi connectivity index (χ1v) is 19.0. The fourth-order valence-corrected chi connectivity index (χ4v) is 6.48. The summed E-state index contributed by atoms with van der Waals surface area (Å²) < 4.78 is 29.0. The monoisotopic (exact) mass is 698 g/mol. The van der Waals surface area contributed by atoms with Gasteiger partial charge in [-0.15, -0.1) is 0 Å². The van der Waals surface area contributed by atoms with E-state index in [1.165, 1.54) is 20.8 Å². The second kappa shape index (κ2) is 22.2. The van der Waals surface area contributed by atoms with Crippen LogP contribution in [0.1, 0.15) is 157 Å². The summed E-state index contributed by atoms with van der Waals surface area (Å²) in [5.41, 5.74) is -7.97. The van der Waals surface area contributed by atoms with Crippen molar-refractivity contribution in [2.75, 3.05) is 0 Å². The molecule has 0 spiro atoms. The number of rotatable bonds is 27.